The number of carbonyl (C=O) groups excluding carboxylic acids is 1. The van der Waals surface area contributed by atoms with Crippen LogP contribution in [0.15, 0.2) is 65.5 Å². The van der Waals surface area contributed by atoms with Gasteiger partial charge in [0.1, 0.15) is 18.1 Å². The normalized spacial score (nSPS) is 11.1. The van der Waals surface area contributed by atoms with Crippen LogP contribution in [0.4, 0.5) is 5.69 Å². The van der Waals surface area contributed by atoms with Crippen molar-refractivity contribution in [1.29, 1.82) is 5.41 Å². The van der Waals surface area contributed by atoms with Crippen LogP contribution in [0, 0.1) is 19.3 Å². The molecule has 10 heteroatoms. The maximum Gasteiger partial charge on any atom is 0.275 e. The van der Waals surface area contributed by atoms with Crippen molar-refractivity contribution in [3.05, 3.63) is 99.0 Å². The standard InChI is InChI=1S/C24H27N5O4S/c1-16-12-19(23(25)26)9-10-20(16)13-27-22(30)14-29-17(2)8-11-21(24(29)31)28-34(32,33)15-18-6-4-3-5-7-18/h3-12,28H,13-15H2,1-2H3,(H3,25,26)(H,27,30). The van der Waals surface area contributed by atoms with Crippen LogP contribution in [0.3, 0.4) is 0 Å². The number of sulfonamides is 1. The minimum atomic E-state index is -3.82. The summed E-state index contributed by atoms with van der Waals surface area (Å²) < 4.78 is 28.6. The zero-order valence-electron chi connectivity index (χ0n) is 19.0. The Kier molecular flexibility index (Phi) is 7.52. The zero-order chi connectivity index (χ0) is 24.9. The number of carbonyl (C=O) groups is 1. The Morgan fingerprint density at radius 1 is 1.06 bits per heavy atom. The smallest absolute Gasteiger partial charge is 0.275 e. The molecule has 0 saturated heterocycles. The first-order chi connectivity index (χ1) is 16.1. The molecule has 5 N–H and O–H groups in total. The van der Waals surface area contributed by atoms with Gasteiger partial charge in [0.2, 0.25) is 15.9 Å². The number of nitrogen functional groups attached to an aromatic ring is 1. The fraction of sp³-hybridized carbons (Fsp3) is 0.208. The van der Waals surface area contributed by atoms with Gasteiger partial charge in [-0.15, -0.1) is 0 Å². The highest BCUT2D eigenvalue weighted by Crippen LogP contribution is 2.12. The number of nitrogens with one attached hydrogen (secondary N) is 3. The summed E-state index contributed by atoms with van der Waals surface area (Å²) in [6, 6.07) is 16.9. The third-order valence-corrected chi connectivity index (χ3v) is 6.53. The van der Waals surface area contributed by atoms with Crippen LogP contribution >= 0.6 is 0 Å². The number of amidine groups is 1. The lowest BCUT2D eigenvalue weighted by Crippen LogP contribution is -2.34. The quantitative estimate of drug-likeness (QED) is 0.273. The van der Waals surface area contributed by atoms with Crippen molar-refractivity contribution in [2.24, 2.45) is 5.73 Å². The van der Waals surface area contributed by atoms with E-state index in [1.54, 1.807) is 61.5 Å². The Labute approximate surface area is 198 Å². The summed E-state index contributed by atoms with van der Waals surface area (Å²) in [7, 11) is -3.82. The van der Waals surface area contributed by atoms with E-state index in [1.807, 2.05) is 6.92 Å². The van der Waals surface area contributed by atoms with E-state index < -0.39 is 21.5 Å². The molecule has 34 heavy (non-hydrogen) atoms. The molecule has 3 rings (SSSR count). The number of hydrogen-bond acceptors (Lipinski definition) is 5. The van der Waals surface area contributed by atoms with Crippen molar-refractivity contribution in [2.75, 3.05) is 4.72 Å². The van der Waals surface area contributed by atoms with Crippen molar-refractivity contribution in [3.63, 3.8) is 0 Å². The lowest BCUT2D eigenvalue weighted by atomic mass is 10.0. The molecular formula is C24H27N5O4S. The summed E-state index contributed by atoms with van der Waals surface area (Å²) in [6.07, 6.45) is 0. The van der Waals surface area contributed by atoms with Crippen molar-refractivity contribution in [1.82, 2.24) is 9.88 Å². The molecule has 178 valence electrons. The van der Waals surface area contributed by atoms with E-state index in [0.717, 1.165) is 11.1 Å². The van der Waals surface area contributed by atoms with Crippen LogP contribution in [-0.4, -0.2) is 24.7 Å². The van der Waals surface area contributed by atoms with Crippen molar-refractivity contribution in [3.8, 4) is 0 Å². The molecule has 0 aliphatic rings. The van der Waals surface area contributed by atoms with Gasteiger partial charge in [0.05, 0.1) is 5.75 Å². The van der Waals surface area contributed by atoms with Gasteiger partial charge in [-0.1, -0.05) is 42.5 Å². The Morgan fingerprint density at radius 2 is 1.76 bits per heavy atom. The number of nitrogens with two attached hydrogens (primary N) is 1. The Balaban J connectivity index is 1.70. The van der Waals surface area contributed by atoms with Gasteiger partial charge in [-0.2, -0.15) is 0 Å². The molecule has 1 aromatic heterocycles. The van der Waals surface area contributed by atoms with Gasteiger partial charge in [-0.25, -0.2) is 8.42 Å². The van der Waals surface area contributed by atoms with Crippen LogP contribution in [-0.2, 0) is 33.7 Å². The average molecular weight is 482 g/mol. The van der Waals surface area contributed by atoms with Gasteiger partial charge in [0, 0.05) is 17.8 Å². The molecule has 9 nitrogen and oxygen atoms in total. The van der Waals surface area contributed by atoms with Crippen LogP contribution in [0.5, 0.6) is 0 Å². The van der Waals surface area contributed by atoms with Crippen molar-refractivity contribution in [2.45, 2.75) is 32.7 Å². The minimum Gasteiger partial charge on any atom is -0.384 e. The summed E-state index contributed by atoms with van der Waals surface area (Å²) >= 11 is 0. The molecule has 0 unspecified atom stereocenters. The molecule has 0 spiro atoms. The predicted molar refractivity (Wildman–Crippen MR) is 132 cm³/mol. The maximum atomic E-state index is 12.9. The molecule has 1 heterocycles. The Hall–Kier alpha value is -3.92. The molecule has 0 aliphatic carbocycles. The number of aryl methyl sites for hydroxylation is 2. The van der Waals surface area contributed by atoms with Crippen molar-refractivity contribution >= 4 is 27.5 Å². The van der Waals surface area contributed by atoms with Gasteiger partial charge in [-0.05, 0) is 48.7 Å². The first-order valence-electron chi connectivity index (χ1n) is 10.5. The molecule has 0 fully saturated rings. The third-order valence-electron chi connectivity index (χ3n) is 5.29. The molecule has 0 aliphatic heterocycles. The lowest BCUT2D eigenvalue weighted by molar-refractivity contribution is -0.121. The van der Waals surface area contributed by atoms with Gasteiger partial charge in [0.15, 0.2) is 0 Å². The highest BCUT2D eigenvalue weighted by Gasteiger charge is 2.17. The van der Waals surface area contributed by atoms with E-state index in [0.29, 0.717) is 16.8 Å². The van der Waals surface area contributed by atoms with E-state index in [-0.39, 0.29) is 30.4 Å². The fourth-order valence-corrected chi connectivity index (χ4v) is 4.59. The van der Waals surface area contributed by atoms with Crippen LogP contribution < -0.4 is 21.3 Å². The number of nitrogens with zero attached hydrogens (tertiary/aromatic N) is 1. The second-order valence-corrected chi connectivity index (χ2v) is 9.68. The largest absolute Gasteiger partial charge is 0.384 e. The number of hydrogen-bond donors (Lipinski definition) is 4. The molecule has 0 radical (unpaired) electrons. The van der Waals surface area contributed by atoms with E-state index >= 15 is 0 Å². The first kappa shape index (κ1) is 24.7. The zero-order valence-corrected chi connectivity index (χ0v) is 19.8. The topological polar surface area (TPSA) is 147 Å². The number of pyridine rings is 1. The van der Waals surface area contributed by atoms with E-state index in [2.05, 4.69) is 10.0 Å². The Bertz CT molecular complexity index is 1380. The molecule has 0 saturated carbocycles. The minimum absolute atomic E-state index is 0.0344. The number of aromatic nitrogens is 1. The molecular weight excluding hydrogens is 454 g/mol. The molecule has 1 amide bonds. The highest BCUT2D eigenvalue weighted by molar-refractivity contribution is 7.91. The Morgan fingerprint density at radius 3 is 2.41 bits per heavy atom. The first-order valence-corrected chi connectivity index (χ1v) is 12.2. The van der Waals surface area contributed by atoms with Crippen LogP contribution in [0.2, 0.25) is 0 Å². The average Bonchev–Trinajstić information content (AvgIpc) is 2.78. The highest BCUT2D eigenvalue weighted by atomic mass is 32.2. The SMILES string of the molecule is Cc1cc(C(=N)N)ccc1CNC(=O)Cn1c(C)ccc(NS(=O)(=O)Cc2ccccc2)c1=O. The summed E-state index contributed by atoms with van der Waals surface area (Å²) in [5, 5.41) is 10.3. The lowest BCUT2D eigenvalue weighted by Gasteiger charge is -2.14. The van der Waals surface area contributed by atoms with Crippen LogP contribution in [0.1, 0.15) is 27.9 Å². The molecule has 0 bridgehead atoms. The van der Waals surface area contributed by atoms with Gasteiger partial charge < -0.3 is 15.6 Å². The predicted octanol–water partition coefficient (Wildman–Crippen LogP) is 2.01. The van der Waals surface area contributed by atoms with Crippen molar-refractivity contribution < 1.29 is 13.2 Å². The molecule has 0 atom stereocenters. The number of amides is 1. The third kappa shape index (κ3) is 6.32. The van der Waals surface area contributed by atoms with Gasteiger partial charge in [0.25, 0.3) is 5.56 Å². The summed E-state index contributed by atoms with van der Waals surface area (Å²) in [5.41, 5.74) is 8.21. The number of anilines is 1. The second kappa shape index (κ2) is 10.3. The van der Waals surface area contributed by atoms with Gasteiger partial charge in [-0.3, -0.25) is 19.7 Å². The summed E-state index contributed by atoms with van der Waals surface area (Å²) in [4.78, 5) is 25.5. The summed E-state index contributed by atoms with van der Waals surface area (Å²) in [5.74, 6) is -0.707. The fourth-order valence-electron chi connectivity index (χ4n) is 3.40. The van der Waals surface area contributed by atoms with Crippen LogP contribution in [0.25, 0.3) is 0 Å². The number of rotatable bonds is 9. The van der Waals surface area contributed by atoms with Gasteiger partial charge >= 0.3 is 0 Å². The van der Waals surface area contributed by atoms with E-state index in [1.165, 1.54) is 10.6 Å². The molecule has 2 aromatic carbocycles. The van der Waals surface area contributed by atoms with E-state index in [4.69, 9.17) is 11.1 Å². The monoisotopic (exact) mass is 481 g/mol. The molecule has 3 aromatic rings. The summed E-state index contributed by atoms with van der Waals surface area (Å²) in [6.45, 7) is 3.50. The maximum absolute atomic E-state index is 12.9. The number of benzene rings is 2. The second-order valence-electron chi connectivity index (χ2n) is 7.96. The van der Waals surface area contributed by atoms with E-state index in [9.17, 15) is 18.0 Å².